The highest BCUT2D eigenvalue weighted by atomic mass is 79.9. The lowest BCUT2D eigenvalue weighted by Crippen LogP contribution is -2.07. The number of hydrogen-bond donors (Lipinski definition) is 2. The van der Waals surface area contributed by atoms with E-state index >= 15 is 0 Å². The Hall–Kier alpha value is -1.52. The third-order valence-corrected chi connectivity index (χ3v) is 4.24. The minimum absolute atomic E-state index is 0.0774. The van der Waals surface area contributed by atoms with Crippen molar-refractivity contribution in [2.45, 2.75) is 20.4 Å². The lowest BCUT2D eigenvalue weighted by atomic mass is 10.1. The molecule has 5 heteroatoms. The number of amides is 1. The second-order valence-corrected chi connectivity index (χ2v) is 6.07. The van der Waals surface area contributed by atoms with Gasteiger partial charge in [0, 0.05) is 29.3 Å². The van der Waals surface area contributed by atoms with E-state index in [1.54, 1.807) is 0 Å². The Balaban J connectivity index is 2.11. The van der Waals surface area contributed by atoms with Crippen LogP contribution in [0.5, 0.6) is 0 Å². The monoisotopic (exact) mass is 366 g/mol. The summed E-state index contributed by atoms with van der Waals surface area (Å²) in [5, 5.41) is 6.85. The van der Waals surface area contributed by atoms with Gasteiger partial charge in [0.05, 0.1) is 5.02 Å². The van der Waals surface area contributed by atoms with Crippen molar-refractivity contribution >= 4 is 44.8 Å². The molecule has 0 saturated heterocycles. The molecular formula is C16H16BrClN2O. The molecule has 1 amide bonds. The van der Waals surface area contributed by atoms with Crippen molar-refractivity contribution in [2.24, 2.45) is 0 Å². The van der Waals surface area contributed by atoms with Crippen molar-refractivity contribution in [2.75, 3.05) is 10.6 Å². The van der Waals surface area contributed by atoms with Crippen LogP contribution < -0.4 is 10.6 Å². The Morgan fingerprint density at radius 3 is 2.67 bits per heavy atom. The number of carbonyl (C=O) groups excluding carboxylic acids is 1. The van der Waals surface area contributed by atoms with Gasteiger partial charge >= 0.3 is 0 Å². The summed E-state index contributed by atoms with van der Waals surface area (Å²) < 4.78 is 0.882. The second-order valence-electron chi connectivity index (χ2n) is 4.81. The number of benzene rings is 2. The molecule has 2 rings (SSSR count). The molecule has 0 spiro atoms. The fraction of sp³-hybridized carbons (Fsp3) is 0.188. The molecule has 21 heavy (non-hydrogen) atoms. The minimum Gasteiger partial charge on any atom is -0.381 e. The highest BCUT2D eigenvalue weighted by Crippen LogP contribution is 2.25. The van der Waals surface area contributed by atoms with Crippen molar-refractivity contribution in [1.29, 1.82) is 0 Å². The standard InChI is InChI=1S/C16H16BrClN2O/c1-10-3-5-13(20-11(2)21)8-16(10)19-9-12-4-6-15(18)14(17)7-12/h3-8,19H,9H2,1-2H3,(H,20,21). The van der Waals surface area contributed by atoms with Crippen molar-refractivity contribution in [3.8, 4) is 0 Å². The summed E-state index contributed by atoms with van der Waals surface area (Å²) in [5.74, 6) is -0.0774. The van der Waals surface area contributed by atoms with Crippen molar-refractivity contribution in [1.82, 2.24) is 0 Å². The van der Waals surface area contributed by atoms with Gasteiger partial charge < -0.3 is 10.6 Å². The number of nitrogens with one attached hydrogen (secondary N) is 2. The first kappa shape index (κ1) is 15.9. The maximum absolute atomic E-state index is 11.1. The van der Waals surface area contributed by atoms with Crippen molar-refractivity contribution in [3.05, 3.63) is 57.0 Å². The van der Waals surface area contributed by atoms with Crippen LogP contribution in [0, 0.1) is 6.92 Å². The Morgan fingerprint density at radius 2 is 2.00 bits per heavy atom. The van der Waals surface area contributed by atoms with Gasteiger partial charge in [0.15, 0.2) is 0 Å². The van der Waals surface area contributed by atoms with Crippen LogP contribution in [0.4, 0.5) is 11.4 Å². The molecule has 0 aromatic heterocycles. The van der Waals surface area contributed by atoms with E-state index in [0.29, 0.717) is 11.6 Å². The fourth-order valence-electron chi connectivity index (χ4n) is 1.94. The number of anilines is 2. The van der Waals surface area contributed by atoms with E-state index < -0.39 is 0 Å². The Bertz CT molecular complexity index is 673. The van der Waals surface area contributed by atoms with Crippen LogP contribution in [0.1, 0.15) is 18.1 Å². The molecule has 0 aliphatic heterocycles. The molecule has 0 fully saturated rings. The van der Waals surface area contributed by atoms with Gasteiger partial charge in [-0.3, -0.25) is 4.79 Å². The van der Waals surface area contributed by atoms with E-state index in [2.05, 4.69) is 26.6 Å². The van der Waals surface area contributed by atoms with Gasteiger partial charge in [0.1, 0.15) is 0 Å². The minimum atomic E-state index is -0.0774. The summed E-state index contributed by atoms with van der Waals surface area (Å²) in [6.45, 7) is 4.20. The van der Waals surface area contributed by atoms with E-state index in [1.807, 2.05) is 43.3 Å². The lowest BCUT2D eigenvalue weighted by molar-refractivity contribution is -0.114. The van der Waals surface area contributed by atoms with Crippen LogP contribution in [0.2, 0.25) is 5.02 Å². The number of aryl methyl sites for hydroxylation is 1. The Kier molecular flexibility index (Phi) is 5.26. The molecule has 0 radical (unpaired) electrons. The molecule has 0 aliphatic rings. The average Bonchev–Trinajstić information content (AvgIpc) is 2.42. The smallest absolute Gasteiger partial charge is 0.221 e. The summed E-state index contributed by atoms with van der Waals surface area (Å²) in [7, 11) is 0. The van der Waals surface area contributed by atoms with Crippen LogP contribution in [-0.2, 0) is 11.3 Å². The van der Waals surface area contributed by atoms with Crippen LogP contribution in [-0.4, -0.2) is 5.91 Å². The molecular weight excluding hydrogens is 352 g/mol. The fourth-order valence-corrected chi connectivity index (χ4v) is 2.48. The maximum atomic E-state index is 11.1. The summed E-state index contributed by atoms with van der Waals surface area (Å²) in [5.41, 5.74) is 4.02. The van der Waals surface area contributed by atoms with Crippen LogP contribution in [0.15, 0.2) is 40.9 Å². The van der Waals surface area contributed by atoms with E-state index in [-0.39, 0.29) is 5.91 Å². The molecule has 2 N–H and O–H groups in total. The van der Waals surface area contributed by atoms with Gasteiger partial charge in [-0.1, -0.05) is 23.7 Å². The highest BCUT2D eigenvalue weighted by Gasteiger charge is 2.03. The van der Waals surface area contributed by atoms with Crippen LogP contribution >= 0.6 is 27.5 Å². The molecule has 0 saturated carbocycles. The lowest BCUT2D eigenvalue weighted by Gasteiger charge is -2.12. The molecule has 2 aromatic rings. The van der Waals surface area contributed by atoms with Gasteiger partial charge in [-0.25, -0.2) is 0 Å². The zero-order chi connectivity index (χ0) is 15.4. The summed E-state index contributed by atoms with van der Waals surface area (Å²) in [6.07, 6.45) is 0. The molecule has 0 bridgehead atoms. The van der Waals surface area contributed by atoms with Crippen LogP contribution in [0.25, 0.3) is 0 Å². The van der Waals surface area contributed by atoms with Gasteiger partial charge in [0.2, 0.25) is 5.91 Å². The molecule has 0 atom stereocenters. The van der Waals surface area contributed by atoms with Gasteiger partial charge in [-0.15, -0.1) is 0 Å². The molecule has 110 valence electrons. The molecule has 0 aliphatic carbocycles. The first-order chi connectivity index (χ1) is 9.95. The van der Waals surface area contributed by atoms with Gasteiger partial charge in [-0.05, 0) is 58.2 Å². The van der Waals surface area contributed by atoms with Crippen LogP contribution in [0.3, 0.4) is 0 Å². The van der Waals surface area contributed by atoms with E-state index in [9.17, 15) is 4.79 Å². The first-order valence-corrected chi connectivity index (χ1v) is 7.69. The number of halogens is 2. The predicted molar refractivity (Wildman–Crippen MR) is 92.0 cm³/mol. The predicted octanol–water partition coefficient (Wildman–Crippen LogP) is 4.98. The molecule has 0 unspecified atom stereocenters. The number of hydrogen-bond acceptors (Lipinski definition) is 2. The van der Waals surface area contributed by atoms with Gasteiger partial charge in [-0.2, -0.15) is 0 Å². The summed E-state index contributed by atoms with van der Waals surface area (Å²) in [6, 6.07) is 11.6. The highest BCUT2D eigenvalue weighted by molar-refractivity contribution is 9.10. The van der Waals surface area contributed by atoms with Crippen molar-refractivity contribution in [3.63, 3.8) is 0 Å². The molecule has 2 aromatic carbocycles. The van der Waals surface area contributed by atoms with E-state index in [1.165, 1.54) is 6.92 Å². The van der Waals surface area contributed by atoms with Crippen molar-refractivity contribution < 1.29 is 4.79 Å². The van der Waals surface area contributed by atoms with E-state index in [0.717, 1.165) is 27.0 Å². The maximum Gasteiger partial charge on any atom is 0.221 e. The zero-order valence-corrected chi connectivity index (χ0v) is 14.2. The SMILES string of the molecule is CC(=O)Nc1ccc(C)c(NCc2ccc(Cl)c(Br)c2)c1. The normalized spacial score (nSPS) is 10.3. The molecule has 3 nitrogen and oxygen atoms in total. The Morgan fingerprint density at radius 1 is 1.24 bits per heavy atom. The topological polar surface area (TPSA) is 41.1 Å². The summed E-state index contributed by atoms with van der Waals surface area (Å²) in [4.78, 5) is 11.1. The molecule has 0 heterocycles. The quantitative estimate of drug-likeness (QED) is 0.800. The zero-order valence-electron chi connectivity index (χ0n) is 11.8. The second kappa shape index (κ2) is 6.96. The van der Waals surface area contributed by atoms with Gasteiger partial charge in [0.25, 0.3) is 0 Å². The number of carbonyl (C=O) groups is 1. The largest absolute Gasteiger partial charge is 0.381 e. The average molecular weight is 368 g/mol. The third kappa shape index (κ3) is 4.48. The summed E-state index contributed by atoms with van der Waals surface area (Å²) >= 11 is 9.40. The first-order valence-electron chi connectivity index (χ1n) is 6.52. The van der Waals surface area contributed by atoms with E-state index in [4.69, 9.17) is 11.6 Å². The Labute approximate surface area is 137 Å². The number of rotatable bonds is 4. The third-order valence-electron chi connectivity index (χ3n) is 3.02.